The molecule has 0 saturated carbocycles. The van der Waals surface area contributed by atoms with Crippen molar-refractivity contribution < 1.29 is 14.3 Å². The van der Waals surface area contributed by atoms with E-state index < -0.39 is 5.97 Å². The smallest absolute Gasteiger partial charge is 0.375 e. The van der Waals surface area contributed by atoms with Gasteiger partial charge in [-0.05, 0) is 19.1 Å². The fourth-order valence-electron chi connectivity index (χ4n) is 1.85. The number of nitrogens with one attached hydrogen (secondary N) is 1. The molecule has 0 bridgehead atoms. The molecule has 0 aromatic heterocycles. The highest BCUT2D eigenvalue weighted by atomic mass is 16.5. The van der Waals surface area contributed by atoms with Crippen molar-refractivity contribution in [2.24, 2.45) is 5.10 Å². The molecule has 1 aliphatic rings. The number of ether oxygens (including phenoxy) is 2. The fraction of sp³-hybridized carbons (Fsp3) is 0.429. The van der Waals surface area contributed by atoms with Crippen LogP contribution in [-0.4, -0.2) is 49.6 Å². The van der Waals surface area contributed by atoms with E-state index >= 15 is 0 Å². The van der Waals surface area contributed by atoms with Crippen molar-refractivity contribution >= 4 is 17.5 Å². The number of morpholine rings is 1. The van der Waals surface area contributed by atoms with Crippen LogP contribution < -0.4 is 5.43 Å². The van der Waals surface area contributed by atoms with Gasteiger partial charge < -0.3 is 14.4 Å². The minimum Gasteiger partial charge on any atom is -0.460 e. The van der Waals surface area contributed by atoms with Crippen LogP contribution >= 0.6 is 0 Å². The molecule has 1 heterocycles. The Balaban J connectivity index is 2.10. The third-order valence-electron chi connectivity index (χ3n) is 2.83. The molecule has 20 heavy (non-hydrogen) atoms. The molecule has 0 radical (unpaired) electrons. The van der Waals surface area contributed by atoms with Crippen LogP contribution in [0.25, 0.3) is 0 Å². The average Bonchev–Trinajstić information content (AvgIpc) is 2.50. The Labute approximate surface area is 118 Å². The molecule has 0 unspecified atom stereocenters. The molecule has 0 amide bonds. The number of hydrogen-bond acceptors (Lipinski definition) is 5. The monoisotopic (exact) mass is 277 g/mol. The highest BCUT2D eigenvalue weighted by Crippen LogP contribution is 2.07. The minimum absolute atomic E-state index is 0.291. The van der Waals surface area contributed by atoms with E-state index in [1.807, 2.05) is 35.2 Å². The van der Waals surface area contributed by atoms with Crippen LogP contribution in [0.1, 0.15) is 6.92 Å². The molecular formula is C14H19N3O3. The number of esters is 1. The molecule has 0 spiro atoms. The number of nitrogens with zero attached hydrogens (tertiary/aromatic N) is 2. The average molecular weight is 277 g/mol. The topological polar surface area (TPSA) is 63.2 Å². The Hall–Kier alpha value is -2.08. The quantitative estimate of drug-likeness (QED) is 0.390. The van der Waals surface area contributed by atoms with Crippen LogP contribution in [0.3, 0.4) is 0 Å². The summed E-state index contributed by atoms with van der Waals surface area (Å²) in [7, 11) is 0. The highest BCUT2D eigenvalue weighted by molar-refractivity contribution is 6.35. The van der Waals surface area contributed by atoms with Crippen molar-refractivity contribution in [3.8, 4) is 0 Å². The van der Waals surface area contributed by atoms with E-state index in [2.05, 4.69) is 10.5 Å². The molecule has 1 saturated heterocycles. The summed E-state index contributed by atoms with van der Waals surface area (Å²) in [6, 6.07) is 9.48. The Kier molecular flexibility index (Phi) is 5.37. The van der Waals surface area contributed by atoms with Crippen molar-refractivity contribution in [3.63, 3.8) is 0 Å². The van der Waals surface area contributed by atoms with Crippen LogP contribution in [0, 0.1) is 0 Å². The van der Waals surface area contributed by atoms with Gasteiger partial charge >= 0.3 is 5.97 Å². The Morgan fingerprint density at radius 3 is 2.70 bits per heavy atom. The lowest BCUT2D eigenvalue weighted by Gasteiger charge is -2.28. The summed E-state index contributed by atoms with van der Waals surface area (Å²) in [5.74, 6) is -0.128. The van der Waals surface area contributed by atoms with E-state index in [0.717, 1.165) is 5.69 Å². The van der Waals surface area contributed by atoms with Gasteiger partial charge in [-0.25, -0.2) is 4.79 Å². The van der Waals surface area contributed by atoms with Gasteiger partial charge in [-0.15, -0.1) is 5.10 Å². The lowest BCUT2D eigenvalue weighted by atomic mass is 10.3. The van der Waals surface area contributed by atoms with Crippen LogP contribution in [0.2, 0.25) is 0 Å². The van der Waals surface area contributed by atoms with Crippen LogP contribution in [-0.2, 0) is 14.3 Å². The van der Waals surface area contributed by atoms with Gasteiger partial charge in [0.2, 0.25) is 5.84 Å². The maximum Gasteiger partial charge on any atom is 0.375 e. The SMILES string of the molecule is CCOC(=O)C(=NNc1ccccc1)N1CCOCC1. The second-order valence-corrected chi connectivity index (χ2v) is 4.23. The molecule has 1 fully saturated rings. The zero-order valence-corrected chi connectivity index (χ0v) is 11.5. The third-order valence-corrected chi connectivity index (χ3v) is 2.83. The van der Waals surface area contributed by atoms with Crippen LogP contribution in [0.15, 0.2) is 35.4 Å². The third kappa shape index (κ3) is 3.96. The zero-order chi connectivity index (χ0) is 14.2. The van der Waals surface area contributed by atoms with E-state index in [0.29, 0.717) is 38.7 Å². The summed E-state index contributed by atoms with van der Waals surface area (Å²) < 4.78 is 10.3. The van der Waals surface area contributed by atoms with Gasteiger partial charge in [0.1, 0.15) is 0 Å². The van der Waals surface area contributed by atoms with Crippen molar-refractivity contribution in [3.05, 3.63) is 30.3 Å². The predicted octanol–water partition coefficient (Wildman–Crippen LogP) is 1.31. The lowest BCUT2D eigenvalue weighted by molar-refractivity contribution is -0.136. The Morgan fingerprint density at radius 1 is 1.35 bits per heavy atom. The molecule has 6 heteroatoms. The van der Waals surface area contributed by atoms with E-state index in [-0.39, 0.29) is 0 Å². The number of hydrogen-bond donors (Lipinski definition) is 1. The second kappa shape index (κ2) is 7.49. The van der Waals surface area contributed by atoms with Gasteiger partial charge in [-0.2, -0.15) is 0 Å². The zero-order valence-electron chi connectivity index (χ0n) is 11.5. The van der Waals surface area contributed by atoms with Crippen LogP contribution in [0.5, 0.6) is 0 Å². The molecule has 2 rings (SSSR count). The normalized spacial score (nSPS) is 15.8. The number of carbonyl (C=O) groups excluding carboxylic acids is 1. The molecule has 0 atom stereocenters. The fourth-order valence-corrected chi connectivity index (χ4v) is 1.85. The van der Waals surface area contributed by atoms with E-state index in [9.17, 15) is 4.79 Å². The first-order chi connectivity index (χ1) is 9.81. The van der Waals surface area contributed by atoms with E-state index in [1.165, 1.54) is 0 Å². The largest absolute Gasteiger partial charge is 0.460 e. The summed E-state index contributed by atoms with van der Waals surface area (Å²) >= 11 is 0. The number of amidine groups is 1. The number of para-hydroxylation sites is 1. The molecule has 0 aliphatic carbocycles. The lowest BCUT2D eigenvalue weighted by Crippen LogP contribution is -2.45. The first kappa shape index (κ1) is 14.3. The second-order valence-electron chi connectivity index (χ2n) is 4.23. The Morgan fingerprint density at radius 2 is 2.05 bits per heavy atom. The Bertz CT molecular complexity index is 456. The molecule has 1 N–H and O–H groups in total. The minimum atomic E-state index is -0.419. The van der Waals surface area contributed by atoms with Gasteiger partial charge in [-0.3, -0.25) is 5.43 Å². The maximum absolute atomic E-state index is 12.0. The number of anilines is 1. The molecule has 1 aromatic carbocycles. The van der Waals surface area contributed by atoms with Crippen molar-refractivity contribution in [1.82, 2.24) is 4.90 Å². The van der Waals surface area contributed by atoms with E-state index in [1.54, 1.807) is 6.92 Å². The standard InChI is InChI=1S/C14H19N3O3/c1-2-20-14(18)13(17-8-10-19-11-9-17)16-15-12-6-4-3-5-7-12/h3-7,15H,2,8-11H2,1H3. The summed E-state index contributed by atoms with van der Waals surface area (Å²) in [6.07, 6.45) is 0. The van der Waals surface area contributed by atoms with Gasteiger partial charge in [0.25, 0.3) is 0 Å². The van der Waals surface area contributed by atoms with Gasteiger partial charge in [-0.1, -0.05) is 18.2 Å². The number of carbonyl (C=O) groups is 1. The first-order valence-corrected chi connectivity index (χ1v) is 6.70. The molecular weight excluding hydrogens is 258 g/mol. The molecule has 6 nitrogen and oxygen atoms in total. The summed E-state index contributed by atoms with van der Waals surface area (Å²) in [4.78, 5) is 13.9. The van der Waals surface area contributed by atoms with Gasteiger partial charge in [0, 0.05) is 13.1 Å². The van der Waals surface area contributed by atoms with E-state index in [4.69, 9.17) is 9.47 Å². The molecule has 108 valence electrons. The predicted molar refractivity (Wildman–Crippen MR) is 76.5 cm³/mol. The maximum atomic E-state index is 12.0. The number of rotatable bonds is 3. The van der Waals surface area contributed by atoms with Crippen molar-refractivity contribution in [2.45, 2.75) is 6.92 Å². The summed E-state index contributed by atoms with van der Waals surface area (Å²) in [5, 5.41) is 4.20. The van der Waals surface area contributed by atoms with Crippen LogP contribution in [0.4, 0.5) is 5.69 Å². The molecule has 1 aromatic rings. The molecule has 1 aliphatic heterocycles. The van der Waals surface area contributed by atoms with Gasteiger partial charge in [0.15, 0.2) is 0 Å². The number of hydrazone groups is 1. The van der Waals surface area contributed by atoms with Crippen molar-refractivity contribution in [2.75, 3.05) is 38.3 Å². The highest BCUT2D eigenvalue weighted by Gasteiger charge is 2.23. The summed E-state index contributed by atoms with van der Waals surface area (Å²) in [6.45, 7) is 4.54. The number of benzene rings is 1. The van der Waals surface area contributed by atoms with Crippen molar-refractivity contribution in [1.29, 1.82) is 0 Å². The van der Waals surface area contributed by atoms with Gasteiger partial charge in [0.05, 0.1) is 25.5 Å². The summed E-state index contributed by atoms with van der Waals surface area (Å²) in [5.41, 5.74) is 3.71. The first-order valence-electron chi connectivity index (χ1n) is 6.70.